The minimum Gasteiger partial charge on any atom is -0.340 e. The van der Waals surface area contributed by atoms with Gasteiger partial charge in [0, 0.05) is 57.0 Å². The Balaban J connectivity index is 1.06. The van der Waals surface area contributed by atoms with Crippen LogP contribution in [0.25, 0.3) is 11.8 Å². The van der Waals surface area contributed by atoms with E-state index < -0.39 is 0 Å². The number of amides is 1. The van der Waals surface area contributed by atoms with Crippen molar-refractivity contribution >= 4 is 23.7 Å². The highest BCUT2D eigenvalue weighted by molar-refractivity contribution is 7.99. The van der Waals surface area contributed by atoms with Crippen molar-refractivity contribution in [3.63, 3.8) is 0 Å². The number of piperazine rings is 1. The van der Waals surface area contributed by atoms with E-state index in [0.717, 1.165) is 74.4 Å². The smallest absolute Gasteiger partial charge is 0.222 e. The Morgan fingerprint density at radius 3 is 2.29 bits per heavy atom. The Morgan fingerprint density at radius 1 is 0.854 bits per heavy atom. The van der Waals surface area contributed by atoms with Crippen LogP contribution in [0.4, 0.5) is 0 Å². The normalized spacial score (nSPS) is 14.1. The molecule has 2 heterocycles. The summed E-state index contributed by atoms with van der Waals surface area (Å²) in [5.74, 6) is 2.12. The van der Waals surface area contributed by atoms with E-state index in [1.807, 2.05) is 17.0 Å². The number of hydrogen-bond acceptors (Lipinski definition) is 5. The third-order valence-corrected chi connectivity index (χ3v) is 8.43. The molecule has 5 rings (SSSR count). The van der Waals surface area contributed by atoms with Crippen LogP contribution in [0, 0.1) is 6.92 Å². The number of carbonyl (C=O) groups is 1. The zero-order valence-electron chi connectivity index (χ0n) is 23.9. The fourth-order valence-corrected chi connectivity index (χ4v) is 5.99. The Labute approximate surface area is 248 Å². The Kier molecular flexibility index (Phi) is 10.4. The van der Waals surface area contributed by atoms with Crippen molar-refractivity contribution in [1.82, 2.24) is 24.6 Å². The third-order valence-electron chi connectivity index (χ3n) is 7.41. The van der Waals surface area contributed by atoms with E-state index in [1.165, 1.54) is 16.7 Å². The molecule has 4 aromatic rings. The molecule has 212 valence electrons. The molecular formula is C34H39N5OS. The maximum Gasteiger partial charge on any atom is 0.222 e. The molecule has 0 bridgehead atoms. The predicted molar refractivity (Wildman–Crippen MR) is 168 cm³/mol. The molecule has 0 saturated carbocycles. The minimum atomic E-state index is 0.280. The monoisotopic (exact) mass is 565 g/mol. The van der Waals surface area contributed by atoms with Crippen LogP contribution in [0.3, 0.4) is 0 Å². The van der Waals surface area contributed by atoms with Crippen molar-refractivity contribution < 1.29 is 4.79 Å². The number of thioether (sulfide) groups is 1. The number of hydrogen-bond donors (Lipinski definition) is 0. The summed E-state index contributed by atoms with van der Waals surface area (Å²) in [5.41, 5.74) is 4.75. The van der Waals surface area contributed by atoms with E-state index in [0.29, 0.717) is 6.42 Å². The first-order valence-electron chi connectivity index (χ1n) is 14.6. The maximum atomic E-state index is 12.8. The lowest BCUT2D eigenvalue weighted by molar-refractivity contribution is -0.132. The lowest BCUT2D eigenvalue weighted by Crippen LogP contribution is -2.48. The second kappa shape index (κ2) is 14.8. The number of unbranched alkanes of at least 4 members (excludes halogenated alkanes) is 1. The number of benzene rings is 3. The molecule has 1 saturated heterocycles. The van der Waals surface area contributed by atoms with Crippen LogP contribution in [-0.4, -0.2) is 68.9 Å². The Hall–Kier alpha value is -3.68. The molecule has 0 radical (unpaired) electrons. The standard InChI is InChI=1S/C34H39N5OS/c1-28-17-19-31(20-18-28)39-32(27-30-13-6-3-7-14-30)35-36-34(39)41-26-9-8-16-33(40)38-24-22-37(23-25-38)21-10-15-29-11-4-2-5-12-29/h2-7,10-15,17-20H,8-9,16,21-27H2,1H3. The minimum absolute atomic E-state index is 0.280. The summed E-state index contributed by atoms with van der Waals surface area (Å²) in [4.78, 5) is 17.3. The van der Waals surface area contributed by atoms with Crippen molar-refractivity contribution in [2.24, 2.45) is 0 Å². The quantitative estimate of drug-likeness (QED) is 0.149. The molecule has 41 heavy (non-hydrogen) atoms. The summed E-state index contributed by atoms with van der Waals surface area (Å²) in [6.45, 7) is 6.52. The third kappa shape index (κ3) is 8.41. The average Bonchev–Trinajstić information content (AvgIpc) is 3.40. The van der Waals surface area contributed by atoms with E-state index in [9.17, 15) is 4.79 Å². The summed E-state index contributed by atoms with van der Waals surface area (Å²) in [7, 11) is 0. The van der Waals surface area contributed by atoms with Crippen LogP contribution in [0.2, 0.25) is 0 Å². The van der Waals surface area contributed by atoms with Gasteiger partial charge in [0.25, 0.3) is 0 Å². The first kappa shape index (κ1) is 28.8. The van der Waals surface area contributed by atoms with Crippen LogP contribution >= 0.6 is 11.8 Å². The number of carbonyl (C=O) groups excluding carboxylic acids is 1. The Morgan fingerprint density at radius 2 is 1.56 bits per heavy atom. The highest BCUT2D eigenvalue weighted by Crippen LogP contribution is 2.25. The lowest BCUT2D eigenvalue weighted by atomic mass is 10.1. The molecule has 1 amide bonds. The zero-order chi connectivity index (χ0) is 28.3. The van der Waals surface area contributed by atoms with Crippen LogP contribution in [-0.2, 0) is 11.2 Å². The lowest BCUT2D eigenvalue weighted by Gasteiger charge is -2.34. The van der Waals surface area contributed by atoms with Gasteiger partial charge in [-0.15, -0.1) is 10.2 Å². The van der Waals surface area contributed by atoms with Crippen molar-refractivity contribution in [1.29, 1.82) is 0 Å². The highest BCUT2D eigenvalue weighted by atomic mass is 32.2. The molecule has 0 unspecified atom stereocenters. The predicted octanol–water partition coefficient (Wildman–Crippen LogP) is 6.29. The first-order valence-corrected chi connectivity index (χ1v) is 15.5. The fourth-order valence-electron chi connectivity index (χ4n) is 5.02. The molecule has 7 heteroatoms. The van der Waals surface area contributed by atoms with E-state index in [1.54, 1.807) is 11.8 Å². The molecule has 0 N–H and O–H groups in total. The summed E-state index contributed by atoms with van der Waals surface area (Å²) in [6, 6.07) is 29.3. The van der Waals surface area contributed by atoms with E-state index in [-0.39, 0.29) is 5.91 Å². The molecule has 0 spiro atoms. The summed E-state index contributed by atoms with van der Waals surface area (Å²) in [5, 5.41) is 10.0. The largest absolute Gasteiger partial charge is 0.340 e. The summed E-state index contributed by atoms with van der Waals surface area (Å²) >= 11 is 1.72. The van der Waals surface area contributed by atoms with Gasteiger partial charge in [-0.2, -0.15) is 0 Å². The van der Waals surface area contributed by atoms with Crippen LogP contribution in [0.5, 0.6) is 0 Å². The van der Waals surface area contributed by atoms with Crippen LogP contribution in [0.1, 0.15) is 41.8 Å². The van der Waals surface area contributed by atoms with E-state index in [2.05, 4.69) is 112 Å². The summed E-state index contributed by atoms with van der Waals surface area (Å²) in [6.07, 6.45) is 7.58. The molecule has 1 aromatic heterocycles. The molecule has 6 nitrogen and oxygen atoms in total. The molecule has 0 aliphatic carbocycles. The van der Waals surface area contributed by atoms with Crippen molar-refractivity contribution in [3.8, 4) is 5.69 Å². The van der Waals surface area contributed by atoms with Gasteiger partial charge in [-0.1, -0.05) is 102 Å². The van der Waals surface area contributed by atoms with Gasteiger partial charge in [-0.25, -0.2) is 0 Å². The van der Waals surface area contributed by atoms with Gasteiger partial charge in [0.2, 0.25) is 5.91 Å². The van der Waals surface area contributed by atoms with Gasteiger partial charge in [-0.3, -0.25) is 14.3 Å². The van der Waals surface area contributed by atoms with Crippen LogP contribution in [0.15, 0.2) is 96.2 Å². The average molecular weight is 566 g/mol. The summed E-state index contributed by atoms with van der Waals surface area (Å²) < 4.78 is 2.18. The van der Waals surface area contributed by atoms with Crippen LogP contribution < -0.4 is 0 Å². The number of nitrogens with zero attached hydrogens (tertiary/aromatic N) is 5. The fraction of sp³-hybridized carbons (Fsp3) is 0.324. The SMILES string of the molecule is Cc1ccc(-n2c(Cc3ccccc3)nnc2SCCCCC(=O)N2CCN(CC=Cc3ccccc3)CC2)cc1. The number of rotatable bonds is 12. The topological polar surface area (TPSA) is 54.3 Å². The molecule has 1 fully saturated rings. The molecule has 3 aromatic carbocycles. The molecule has 1 aliphatic heterocycles. The van der Waals surface area contributed by atoms with Gasteiger partial charge in [-0.05, 0) is 43.0 Å². The van der Waals surface area contributed by atoms with E-state index >= 15 is 0 Å². The van der Waals surface area contributed by atoms with Crippen molar-refractivity contribution in [3.05, 3.63) is 114 Å². The molecule has 1 aliphatic rings. The van der Waals surface area contributed by atoms with Gasteiger partial charge in [0.05, 0.1) is 0 Å². The number of aromatic nitrogens is 3. The maximum absolute atomic E-state index is 12.8. The van der Waals surface area contributed by atoms with Gasteiger partial charge >= 0.3 is 0 Å². The van der Waals surface area contributed by atoms with Crippen molar-refractivity contribution in [2.45, 2.75) is 37.8 Å². The second-order valence-corrected chi connectivity index (χ2v) is 11.6. The van der Waals surface area contributed by atoms with E-state index in [4.69, 9.17) is 0 Å². The van der Waals surface area contributed by atoms with Gasteiger partial charge in [0.1, 0.15) is 5.82 Å². The highest BCUT2D eigenvalue weighted by Gasteiger charge is 2.20. The number of aryl methyl sites for hydroxylation is 1. The van der Waals surface area contributed by atoms with Crippen molar-refractivity contribution in [2.75, 3.05) is 38.5 Å². The first-order chi connectivity index (χ1) is 20.2. The Bertz CT molecular complexity index is 1390. The van der Waals surface area contributed by atoms with Gasteiger partial charge in [0.15, 0.2) is 5.16 Å². The molecule has 0 atom stereocenters. The zero-order valence-corrected chi connectivity index (χ0v) is 24.7. The second-order valence-electron chi connectivity index (χ2n) is 10.5. The van der Waals surface area contributed by atoms with Gasteiger partial charge < -0.3 is 4.90 Å². The molecular weight excluding hydrogens is 526 g/mol.